The predicted octanol–water partition coefficient (Wildman–Crippen LogP) is 7.46. The average Bonchev–Trinajstić information content (AvgIpc) is 3.32. The van der Waals surface area contributed by atoms with Crippen molar-refractivity contribution < 1.29 is 32.4 Å². The standard InChI is InChI=1S/C35H43N3O7S/c1-6-7-21-36-29-19-17-25(38(41)42)23-27(29)34(2,3)31(36)14-10-8-11-15-32-35(4,5)28-24-26(46(43,44)45)18-20-30(28)37(32)22-13-9-12-16-33(39)40/h8,10-11,14-15,17-20,23-24H,6-7,9,12-13,16,21-22H2,1-5H3,(H-,39,40,43,44,45)/p+1. The van der Waals surface area contributed by atoms with Crippen LogP contribution in [0.15, 0.2) is 77.4 Å². The number of hydrogen-bond donors (Lipinski definition) is 2. The Morgan fingerprint density at radius 1 is 0.978 bits per heavy atom. The van der Waals surface area contributed by atoms with Crippen LogP contribution < -0.4 is 4.90 Å². The van der Waals surface area contributed by atoms with Crippen LogP contribution in [0.25, 0.3) is 0 Å². The van der Waals surface area contributed by atoms with Gasteiger partial charge in [0, 0.05) is 66.0 Å². The number of hydrogen-bond acceptors (Lipinski definition) is 6. The lowest BCUT2D eigenvalue weighted by Gasteiger charge is -2.26. The molecule has 0 bridgehead atoms. The topological polar surface area (TPSA) is 141 Å². The van der Waals surface area contributed by atoms with Crippen LogP contribution in [-0.2, 0) is 25.7 Å². The summed E-state index contributed by atoms with van der Waals surface area (Å²) in [6.45, 7) is 11.8. The Labute approximate surface area is 271 Å². The number of aliphatic carboxylic acids is 1. The van der Waals surface area contributed by atoms with Gasteiger partial charge in [-0.1, -0.05) is 45.4 Å². The van der Waals surface area contributed by atoms with Gasteiger partial charge in [-0.2, -0.15) is 13.0 Å². The summed E-state index contributed by atoms with van der Waals surface area (Å²) in [7, 11) is -4.38. The van der Waals surface area contributed by atoms with Crippen LogP contribution in [0.2, 0.25) is 0 Å². The van der Waals surface area contributed by atoms with E-state index in [0.717, 1.165) is 66.1 Å². The maximum Gasteiger partial charge on any atom is 0.303 e. The molecule has 2 aromatic rings. The lowest BCUT2D eigenvalue weighted by Crippen LogP contribution is -2.28. The van der Waals surface area contributed by atoms with E-state index in [1.54, 1.807) is 18.2 Å². The van der Waals surface area contributed by atoms with Crippen LogP contribution >= 0.6 is 0 Å². The SMILES string of the molecule is CCCCN1/C(=C/C=C/C=C/C2=[N+](CCCCCC(=O)O)c3ccc(S(=O)(=O)O)cc3C2(C)C)C(C)(C)c2cc([N+](=O)[O-])ccc21. The largest absolute Gasteiger partial charge is 0.481 e. The minimum absolute atomic E-state index is 0.0781. The van der Waals surface area contributed by atoms with Crippen LogP contribution in [-0.4, -0.2) is 52.3 Å². The van der Waals surface area contributed by atoms with E-state index in [0.29, 0.717) is 13.0 Å². The number of unbranched alkanes of at least 4 members (excludes halogenated alkanes) is 3. The van der Waals surface area contributed by atoms with Gasteiger partial charge >= 0.3 is 5.97 Å². The zero-order chi connectivity index (χ0) is 33.9. The van der Waals surface area contributed by atoms with Gasteiger partial charge in [0.1, 0.15) is 6.54 Å². The first-order chi connectivity index (χ1) is 21.6. The smallest absolute Gasteiger partial charge is 0.303 e. The normalized spacial score (nSPS) is 17.8. The molecule has 2 heterocycles. The summed E-state index contributed by atoms with van der Waals surface area (Å²) in [6, 6.07) is 9.73. The lowest BCUT2D eigenvalue weighted by atomic mass is 9.81. The Kier molecular flexibility index (Phi) is 10.4. The summed E-state index contributed by atoms with van der Waals surface area (Å²) in [5.74, 6) is -0.818. The monoisotopic (exact) mass is 650 g/mol. The lowest BCUT2D eigenvalue weighted by molar-refractivity contribution is -0.438. The van der Waals surface area contributed by atoms with E-state index in [1.165, 1.54) is 12.1 Å². The highest BCUT2D eigenvalue weighted by Gasteiger charge is 2.45. The number of allylic oxidation sites excluding steroid dienone is 6. The van der Waals surface area contributed by atoms with E-state index in [1.807, 2.05) is 44.2 Å². The quantitative estimate of drug-likeness (QED) is 0.0536. The highest BCUT2D eigenvalue weighted by atomic mass is 32.2. The molecule has 2 N–H and O–H groups in total. The number of rotatable bonds is 14. The van der Waals surface area contributed by atoms with Gasteiger partial charge in [0.25, 0.3) is 15.8 Å². The van der Waals surface area contributed by atoms with Gasteiger partial charge in [0.15, 0.2) is 5.71 Å². The number of non-ortho nitro benzene ring substituents is 1. The van der Waals surface area contributed by atoms with Gasteiger partial charge in [-0.3, -0.25) is 19.5 Å². The Morgan fingerprint density at radius 3 is 2.37 bits per heavy atom. The number of fused-ring (bicyclic) bond motifs is 2. The Bertz CT molecular complexity index is 1750. The summed E-state index contributed by atoms with van der Waals surface area (Å²) >= 11 is 0. The molecule has 0 aliphatic carbocycles. The number of carbonyl (C=O) groups is 1. The summed E-state index contributed by atoms with van der Waals surface area (Å²) in [4.78, 5) is 24.2. The van der Waals surface area contributed by atoms with Crippen molar-refractivity contribution in [2.24, 2.45) is 0 Å². The van der Waals surface area contributed by atoms with E-state index in [4.69, 9.17) is 5.11 Å². The molecule has 0 aromatic heterocycles. The Hall–Kier alpha value is -4.09. The fraction of sp³-hybridized carbons (Fsp3) is 0.429. The Balaban J connectivity index is 1.65. The molecule has 0 saturated heterocycles. The highest BCUT2D eigenvalue weighted by Crippen LogP contribution is 2.49. The molecule has 11 heteroatoms. The van der Waals surface area contributed by atoms with Crippen molar-refractivity contribution in [3.63, 3.8) is 0 Å². The molecule has 0 atom stereocenters. The van der Waals surface area contributed by atoms with Gasteiger partial charge < -0.3 is 10.0 Å². The van der Waals surface area contributed by atoms with Gasteiger partial charge in [0.2, 0.25) is 5.69 Å². The molecule has 0 fully saturated rings. The molecule has 0 radical (unpaired) electrons. The summed E-state index contributed by atoms with van der Waals surface area (Å²) in [6.07, 6.45) is 14.1. The molecular weight excluding hydrogens is 606 g/mol. The molecule has 2 aliphatic heterocycles. The summed E-state index contributed by atoms with van der Waals surface area (Å²) in [5, 5.41) is 20.5. The van der Waals surface area contributed by atoms with Crippen molar-refractivity contribution >= 4 is 38.9 Å². The van der Waals surface area contributed by atoms with Crippen LogP contribution in [0.5, 0.6) is 0 Å². The molecule has 0 unspecified atom stereocenters. The molecule has 0 spiro atoms. The maximum absolute atomic E-state index is 11.9. The first-order valence-electron chi connectivity index (χ1n) is 15.7. The second-order valence-corrected chi connectivity index (χ2v) is 14.3. The van der Waals surface area contributed by atoms with Crippen LogP contribution in [0.1, 0.15) is 84.3 Å². The summed E-state index contributed by atoms with van der Waals surface area (Å²) < 4.78 is 35.7. The van der Waals surface area contributed by atoms with E-state index in [2.05, 4.69) is 36.3 Å². The molecule has 2 aliphatic rings. The van der Waals surface area contributed by atoms with Crippen molar-refractivity contribution in [2.75, 3.05) is 18.0 Å². The Morgan fingerprint density at radius 2 is 1.72 bits per heavy atom. The van der Waals surface area contributed by atoms with Crippen molar-refractivity contribution in [2.45, 2.75) is 88.9 Å². The number of benzene rings is 2. The summed E-state index contributed by atoms with van der Waals surface area (Å²) in [5.41, 5.74) is 4.64. The fourth-order valence-electron chi connectivity index (χ4n) is 6.47. The first-order valence-corrected chi connectivity index (χ1v) is 17.2. The van der Waals surface area contributed by atoms with Crippen molar-refractivity contribution in [1.29, 1.82) is 0 Å². The third kappa shape index (κ3) is 7.15. The number of carboxylic acids is 1. The zero-order valence-electron chi connectivity index (χ0n) is 27.2. The minimum atomic E-state index is -4.38. The van der Waals surface area contributed by atoms with Gasteiger partial charge in [-0.15, -0.1) is 0 Å². The number of nitrogens with zero attached hydrogens (tertiary/aromatic N) is 3. The molecule has 4 rings (SSSR count). The number of nitro benzene ring substituents is 1. The van der Waals surface area contributed by atoms with Crippen LogP contribution in [0.3, 0.4) is 0 Å². The third-order valence-corrected chi connectivity index (χ3v) is 9.84. The first kappa shape index (κ1) is 34.8. The molecule has 246 valence electrons. The predicted molar refractivity (Wildman–Crippen MR) is 180 cm³/mol. The van der Waals surface area contributed by atoms with E-state index < -0.39 is 26.9 Å². The second kappa shape index (κ2) is 13.7. The van der Waals surface area contributed by atoms with Crippen molar-refractivity contribution in [3.05, 3.63) is 93.7 Å². The van der Waals surface area contributed by atoms with Crippen molar-refractivity contribution in [3.8, 4) is 0 Å². The molecule has 0 saturated carbocycles. The van der Waals surface area contributed by atoms with Crippen LogP contribution in [0.4, 0.5) is 17.1 Å². The zero-order valence-corrected chi connectivity index (χ0v) is 28.0. The fourth-order valence-corrected chi connectivity index (χ4v) is 6.98. The van der Waals surface area contributed by atoms with Gasteiger partial charge in [-0.25, -0.2) is 0 Å². The molecule has 46 heavy (non-hydrogen) atoms. The average molecular weight is 651 g/mol. The second-order valence-electron chi connectivity index (χ2n) is 12.9. The van der Waals surface area contributed by atoms with E-state index in [-0.39, 0.29) is 21.9 Å². The number of carboxylic acid groups (broad SMARTS) is 1. The molecule has 2 aromatic carbocycles. The van der Waals surface area contributed by atoms with Crippen LogP contribution in [0, 0.1) is 10.1 Å². The molecule has 10 nitrogen and oxygen atoms in total. The van der Waals surface area contributed by atoms with E-state index in [9.17, 15) is 27.9 Å². The van der Waals surface area contributed by atoms with Crippen molar-refractivity contribution in [1.82, 2.24) is 0 Å². The maximum atomic E-state index is 11.9. The highest BCUT2D eigenvalue weighted by molar-refractivity contribution is 7.85. The minimum Gasteiger partial charge on any atom is -0.481 e. The third-order valence-electron chi connectivity index (χ3n) is 8.99. The molecule has 0 amide bonds. The van der Waals surface area contributed by atoms with Gasteiger partial charge in [-0.05, 0) is 62.9 Å². The van der Waals surface area contributed by atoms with E-state index >= 15 is 0 Å². The molecular formula is C35H44N3O7S+. The number of nitro groups is 1. The number of anilines is 1. The van der Waals surface area contributed by atoms with Gasteiger partial charge in [0.05, 0.1) is 15.2 Å².